The third-order valence-corrected chi connectivity index (χ3v) is 5.39. The van der Waals surface area contributed by atoms with Crippen LogP contribution in [0.3, 0.4) is 0 Å². The van der Waals surface area contributed by atoms with Gasteiger partial charge >= 0.3 is 0 Å². The Morgan fingerprint density at radius 1 is 1.11 bits per heavy atom. The van der Waals surface area contributed by atoms with Gasteiger partial charge in [0.15, 0.2) is 0 Å². The Labute approximate surface area is 118 Å². The van der Waals surface area contributed by atoms with E-state index in [1.807, 2.05) is 0 Å². The summed E-state index contributed by atoms with van der Waals surface area (Å²) in [5.74, 6) is 2.66. The van der Waals surface area contributed by atoms with Gasteiger partial charge in [0.1, 0.15) is 0 Å². The summed E-state index contributed by atoms with van der Waals surface area (Å²) >= 11 is 0. The number of hydrogen-bond acceptors (Lipinski definition) is 2. The Morgan fingerprint density at radius 3 is 2.42 bits per heavy atom. The molecule has 1 N–H and O–H groups in total. The summed E-state index contributed by atoms with van der Waals surface area (Å²) in [6.07, 6.45) is 8.93. The molecular weight excluding hydrogens is 236 g/mol. The monoisotopic (exact) mass is 268 g/mol. The average Bonchev–Trinajstić information content (AvgIpc) is 2.89. The summed E-state index contributed by atoms with van der Waals surface area (Å²) in [5.41, 5.74) is 0. The van der Waals surface area contributed by atoms with Crippen molar-refractivity contribution >= 4 is 0 Å². The molecule has 4 unspecified atom stereocenters. The van der Waals surface area contributed by atoms with Crippen LogP contribution in [0.25, 0.3) is 0 Å². The maximum Gasteiger partial charge on any atom is 0.0801 e. The highest BCUT2D eigenvalue weighted by molar-refractivity contribution is 4.82. The van der Waals surface area contributed by atoms with Gasteiger partial charge in [0.25, 0.3) is 0 Å². The van der Waals surface area contributed by atoms with E-state index in [1.54, 1.807) is 0 Å². The third kappa shape index (κ3) is 4.19. The molecule has 0 aliphatic heterocycles. The summed E-state index contributed by atoms with van der Waals surface area (Å²) in [4.78, 5) is 0. The predicted octanol–water partition coefficient (Wildman–Crippen LogP) is 4.01. The van der Waals surface area contributed by atoms with Gasteiger partial charge in [-0.15, -0.1) is 0 Å². The summed E-state index contributed by atoms with van der Waals surface area (Å²) < 4.78 is 6.15. The van der Waals surface area contributed by atoms with Gasteiger partial charge in [0.05, 0.1) is 18.8 Å². The molecule has 2 aliphatic carbocycles. The molecule has 2 heteroatoms. The molecular formula is C17H32O2. The average molecular weight is 268 g/mol. The molecule has 0 saturated heterocycles. The molecule has 2 aliphatic rings. The van der Waals surface area contributed by atoms with Crippen LogP contribution in [0.1, 0.15) is 65.7 Å². The zero-order valence-electron chi connectivity index (χ0n) is 13.0. The molecule has 0 spiro atoms. The molecule has 4 atom stereocenters. The maximum absolute atomic E-state index is 10.2. The molecule has 0 aromatic rings. The van der Waals surface area contributed by atoms with E-state index in [4.69, 9.17) is 4.74 Å². The van der Waals surface area contributed by atoms with Crippen LogP contribution < -0.4 is 0 Å². The number of aliphatic hydroxyl groups is 1. The first-order valence-corrected chi connectivity index (χ1v) is 8.37. The van der Waals surface area contributed by atoms with E-state index in [1.165, 1.54) is 44.9 Å². The Balaban J connectivity index is 1.81. The van der Waals surface area contributed by atoms with Gasteiger partial charge in [0, 0.05) is 0 Å². The van der Waals surface area contributed by atoms with E-state index in [9.17, 15) is 5.11 Å². The van der Waals surface area contributed by atoms with Gasteiger partial charge in [-0.05, 0) is 49.4 Å². The normalized spacial score (nSPS) is 34.9. The van der Waals surface area contributed by atoms with Crippen molar-refractivity contribution in [2.45, 2.75) is 77.9 Å². The van der Waals surface area contributed by atoms with Crippen LogP contribution in [0.2, 0.25) is 0 Å². The number of aliphatic hydroxyl groups excluding tert-OH is 1. The molecule has 0 aromatic carbocycles. The van der Waals surface area contributed by atoms with Crippen molar-refractivity contribution < 1.29 is 9.84 Å². The van der Waals surface area contributed by atoms with Crippen molar-refractivity contribution in [3.05, 3.63) is 0 Å². The minimum Gasteiger partial charge on any atom is -0.390 e. The first-order valence-electron chi connectivity index (χ1n) is 8.37. The molecule has 0 radical (unpaired) electrons. The second kappa shape index (κ2) is 7.08. The summed E-state index contributed by atoms with van der Waals surface area (Å²) in [6.45, 7) is 7.51. The van der Waals surface area contributed by atoms with E-state index in [-0.39, 0.29) is 6.10 Å². The van der Waals surface area contributed by atoms with Crippen molar-refractivity contribution in [2.75, 3.05) is 6.61 Å². The lowest BCUT2D eigenvalue weighted by atomic mass is 9.75. The molecule has 0 heterocycles. The summed E-state index contributed by atoms with van der Waals surface area (Å²) in [5, 5.41) is 10.2. The third-order valence-electron chi connectivity index (χ3n) is 5.39. The van der Waals surface area contributed by atoms with Gasteiger partial charge in [-0.3, -0.25) is 0 Å². The molecule has 2 nitrogen and oxygen atoms in total. The number of ether oxygens (including phenoxy) is 1. The molecule has 2 fully saturated rings. The molecule has 0 amide bonds. The van der Waals surface area contributed by atoms with Gasteiger partial charge in [0.2, 0.25) is 0 Å². The Bertz CT molecular complexity index is 258. The lowest BCUT2D eigenvalue weighted by Gasteiger charge is -2.37. The predicted molar refractivity (Wildman–Crippen MR) is 79.0 cm³/mol. The molecule has 2 rings (SSSR count). The standard InChI is InChI=1S/C17H32O2/c1-12(2)15-9-8-13(3)10-17(15)19-11-16(18)14-6-4-5-7-14/h12-18H,4-11H2,1-3H3. The van der Waals surface area contributed by atoms with E-state index in [0.717, 1.165) is 5.92 Å². The first kappa shape index (κ1) is 15.3. The van der Waals surface area contributed by atoms with Gasteiger partial charge in [-0.2, -0.15) is 0 Å². The second-order valence-electron chi connectivity index (χ2n) is 7.31. The van der Waals surface area contributed by atoms with Crippen molar-refractivity contribution in [3.63, 3.8) is 0 Å². The van der Waals surface area contributed by atoms with Gasteiger partial charge in [-0.25, -0.2) is 0 Å². The van der Waals surface area contributed by atoms with Crippen molar-refractivity contribution in [1.29, 1.82) is 0 Å². The molecule has 19 heavy (non-hydrogen) atoms. The fourth-order valence-corrected chi connectivity index (χ4v) is 4.01. The van der Waals surface area contributed by atoms with Crippen molar-refractivity contribution in [2.24, 2.45) is 23.7 Å². The van der Waals surface area contributed by atoms with E-state index >= 15 is 0 Å². The van der Waals surface area contributed by atoms with Crippen LogP contribution in [0.15, 0.2) is 0 Å². The van der Waals surface area contributed by atoms with Gasteiger partial charge in [-0.1, -0.05) is 40.0 Å². The Hall–Kier alpha value is -0.0800. The maximum atomic E-state index is 10.2. The molecule has 0 aromatic heterocycles. The van der Waals surface area contributed by atoms with Crippen LogP contribution >= 0.6 is 0 Å². The van der Waals surface area contributed by atoms with Crippen LogP contribution in [0.5, 0.6) is 0 Å². The molecule has 0 bridgehead atoms. The zero-order valence-corrected chi connectivity index (χ0v) is 13.0. The van der Waals surface area contributed by atoms with Crippen molar-refractivity contribution in [3.8, 4) is 0 Å². The lowest BCUT2D eigenvalue weighted by molar-refractivity contribution is -0.0797. The smallest absolute Gasteiger partial charge is 0.0801 e. The Kier molecular flexibility index (Phi) is 5.70. The van der Waals surface area contributed by atoms with Crippen LogP contribution in [-0.2, 0) is 4.74 Å². The highest BCUT2D eigenvalue weighted by Gasteiger charge is 2.32. The van der Waals surface area contributed by atoms with Crippen LogP contribution in [0, 0.1) is 23.7 Å². The molecule has 2 saturated carbocycles. The zero-order chi connectivity index (χ0) is 13.8. The lowest BCUT2D eigenvalue weighted by Crippen LogP contribution is -2.37. The SMILES string of the molecule is CC1CCC(C(C)C)C(OCC(O)C2CCCC2)C1. The minimum atomic E-state index is -0.229. The summed E-state index contributed by atoms with van der Waals surface area (Å²) in [6, 6.07) is 0. The molecule has 112 valence electrons. The Morgan fingerprint density at radius 2 is 1.79 bits per heavy atom. The van der Waals surface area contributed by atoms with Crippen LogP contribution in [0.4, 0.5) is 0 Å². The highest BCUT2D eigenvalue weighted by Crippen LogP contribution is 2.36. The fourth-order valence-electron chi connectivity index (χ4n) is 4.01. The van der Waals surface area contributed by atoms with E-state index in [0.29, 0.717) is 30.5 Å². The highest BCUT2D eigenvalue weighted by atomic mass is 16.5. The topological polar surface area (TPSA) is 29.5 Å². The second-order valence-corrected chi connectivity index (χ2v) is 7.31. The number of hydrogen-bond donors (Lipinski definition) is 1. The summed E-state index contributed by atoms with van der Waals surface area (Å²) in [7, 11) is 0. The fraction of sp³-hybridized carbons (Fsp3) is 1.00. The van der Waals surface area contributed by atoms with Crippen LogP contribution in [-0.4, -0.2) is 23.9 Å². The largest absolute Gasteiger partial charge is 0.390 e. The van der Waals surface area contributed by atoms with Gasteiger partial charge < -0.3 is 9.84 Å². The van der Waals surface area contributed by atoms with E-state index < -0.39 is 0 Å². The number of rotatable bonds is 5. The minimum absolute atomic E-state index is 0.229. The van der Waals surface area contributed by atoms with Crippen molar-refractivity contribution in [1.82, 2.24) is 0 Å². The first-order chi connectivity index (χ1) is 9.08. The van der Waals surface area contributed by atoms with E-state index in [2.05, 4.69) is 20.8 Å². The quantitative estimate of drug-likeness (QED) is 0.816.